The van der Waals surface area contributed by atoms with E-state index < -0.39 is 5.97 Å². The molecule has 2 aliphatic carbocycles. The van der Waals surface area contributed by atoms with Crippen LogP contribution >= 0.6 is 0 Å². The first kappa shape index (κ1) is 15.6. The minimum absolute atomic E-state index is 0.0473. The second-order valence-electron chi connectivity index (χ2n) is 7.57. The van der Waals surface area contributed by atoms with Crippen molar-refractivity contribution in [2.24, 2.45) is 17.8 Å². The second-order valence-corrected chi connectivity index (χ2v) is 7.57. The Morgan fingerprint density at radius 2 is 1.92 bits per heavy atom. The summed E-state index contributed by atoms with van der Waals surface area (Å²) in [6.07, 6.45) is 9.29. The molecule has 2 saturated carbocycles. The molecule has 0 aromatic carbocycles. The average Bonchev–Trinajstić information content (AvgIpc) is 2.94. The van der Waals surface area contributed by atoms with Gasteiger partial charge >= 0.3 is 5.97 Å². The van der Waals surface area contributed by atoms with Gasteiger partial charge in [0.15, 0.2) is 5.69 Å². The number of amides is 1. The normalized spacial score (nSPS) is 32.2. The van der Waals surface area contributed by atoms with E-state index in [4.69, 9.17) is 5.11 Å². The van der Waals surface area contributed by atoms with E-state index in [1.54, 1.807) is 4.68 Å². The van der Waals surface area contributed by atoms with Gasteiger partial charge in [0.25, 0.3) is 0 Å². The van der Waals surface area contributed by atoms with Gasteiger partial charge in [-0.15, -0.1) is 5.10 Å². The van der Waals surface area contributed by atoms with Gasteiger partial charge in [-0.05, 0) is 56.8 Å². The van der Waals surface area contributed by atoms with Gasteiger partial charge in [0, 0.05) is 12.5 Å². The summed E-state index contributed by atoms with van der Waals surface area (Å²) in [6.45, 7) is 1.34. The molecule has 1 aromatic rings. The number of carboxylic acids is 1. The maximum absolute atomic E-state index is 13.0. The van der Waals surface area contributed by atoms with Crippen LogP contribution in [0.5, 0.6) is 0 Å². The molecule has 1 saturated heterocycles. The first-order valence-electron chi connectivity index (χ1n) is 9.05. The molecule has 1 N–H and O–H groups in total. The Balaban J connectivity index is 1.39. The Kier molecular flexibility index (Phi) is 4.02. The van der Waals surface area contributed by atoms with E-state index >= 15 is 0 Å². The molecule has 1 aliphatic heterocycles. The molecule has 3 fully saturated rings. The zero-order chi connectivity index (χ0) is 16.7. The number of carbonyl (C=O) groups excluding carboxylic acids is 1. The molecule has 4 atom stereocenters. The molecule has 3 aliphatic rings. The van der Waals surface area contributed by atoms with E-state index in [2.05, 4.69) is 10.3 Å². The van der Waals surface area contributed by atoms with Crippen molar-refractivity contribution in [3.05, 3.63) is 11.9 Å². The van der Waals surface area contributed by atoms with Crippen LogP contribution in [0.3, 0.4) is 0 Å². The fourth-order valence-electron chi connectivity index (χ4n) is 4.49. The van der Waals surface area contributed by atoms with Gasteiger partial charge in [0.2, 0.25) is 5.91 Å². The molecular weight excluding hydrogens is 308 g/mol. The van der Waals surface area contributed by atoms with Crippen LogP contribution in [0.1, 0.15) is 55.4 Å². The third-order valence-corrected chi connectivity index (χ3v) is 6.01. The van der Waals surface area contributed by atoms with Crippen LogP contribution in [0, 0.1) is 17.8 Å². The Hall–Kier alpha value is -1.92. The summed E-state index contributed by atoms with van der Waals surface area (Å²) in [5.74, 6) is 1.20. The first-order valence-corrected chi connectivity index (χ1v) is 9.05. The molecule has 1 aromatic heterocycles. The molecule has 1 amide bonds. The van der Waals surface area contributed by atoms with Crippen molar-refractivity contribution >= 4 is 11.9 Å². The number of nitrogens with zero attached hydrogens (tertiary/aromatic N) is 4. The zero-order valence-corrected chi connectivity index (χ0v) is 13.8. The molecule has 0 bridgehead atoms. The number of hydrogen-bond acceptors (Lipinski definition) is 4. The summed E-state index contributed by atoms with van der Waals surface area (Å²) in [5.41, 5.74) is -0.0473. The van der Waals surface area contributed by atoms with E-state index in [1.807, 2.05) is 4.90 Å². The number of aromatic carboxylic acids is 1. The van der Waals surface area contributed by atoms with E-state index in [-0.39, 0.29) is 17.7 Å². The molecule has 7 heteroatoms. The highest BCUT2D eigenvalue weighted by molar-refractivity contribution is 5.84. The standard InChI is InChI=1S/C17H24N4O3/c22-16(11-3-5-12-8-13(12)6-4-11)21-7-1-2-14(21)9-20-10-15(17(23)24)18-19-20/h10-14H,1-9H2,(H,23,24)/t11?,12-,13+,14?. The topological polar surface area (TPSA) is 88.3 Å². The van der Waals surface area contributed by atoms with Gasteiger partial charge in [-0.3, -0.25) is 4.79 Å². The summed E-state index contributed by atoms with van der Waals surface area (Å²) >= 11 is 0. The fraction of sp³-hybridized carbons (Fsp3) is 0.765. The minimum atomic E-state index is -1.07. The maximum Gasteiger partial charge on any atom is 0.358 e. The molecule has 0 radical (unpaired) electrons. The number of aromatic nitrogens is 3. The molecule has 2 unspecified atom stereocenters. The zero-order valence-electron chi connectivity index (χ0n) is 13.8. The molecule has 24 heavy (non-hydrogen) atoms. The number of fused-ring (bicyclic) bond motifs is 1. The lowest BCUT2D eigenvalue weighted by Crippen LogP contribution is -2.41. The molecular formula is C17H24N4O3. The van der Waals surface area contributed by atoms with E-state index in [1.165, 1.54) is 25.5 Å². The van der Waals surface area contributed by atoms with E-state index in [9.17, 15) is 9.59 Å². The van der Waals surface area contributed by atoms with Crippen molar-refractivity contribution in [3.63, 3.8) is 0 Å². The third kappa shape index (κ3) is 3.03. The summed E-state index contributed by atoms with van der Waals surface area (Å²) < 4.78 is 1.56. The monoisotopic (exact) mass is 332 g/mol. The van der Waals surface area contributed by atoms with Crippen LogP contribution in [0.15, 0.2) is 6.20 Å². The predicted molar refractivity (Wildman–Crippen MR) is 85.3 cm³/mol. The molecule has 7 nitrogen and oxygen atoms in total. The second kappa shape index (κ2) is 6.18. The highest BCUT2D eigenvalue weighted by Crippen LogP contribution is 2.49. The van der Waals surface area contributed by atoms with Crippen molar-refractivity contribution in [2.75, 3.05) is 6.54 Å². The molecule has 130 valence electrons. The lowest BCUT2D eigenvalue weighted by atomic mass is 9.96. The van der Waals surface area contributed by atoms with Gasteiger partial charge in [0.1, 0.15) is 0 Å². The smallest absolute Gasteiger partial charge is 0.358 e. The Morgan fingerprint density at radius 1 is 1.17 bits per heavy atom. The van der Waals surface area contributed by atoms with Gasteiger partial charge in [-0.1, -0.05) is 5.21 Å². The highest BCUT2D eigenvalue weighted by Gasteiger charge is 2.42. The van der Waals surface area contributed by atoms with Gasteiger partial charge < -0.3 is 10.0 Å². The fourth-order valence-corrected chi connectivity index (χ4v) is 4.49. The van der Waals surface area contributed by atoms with Crippen LogP contribution in [0.25, 0.3) is 0 Å². The van der Waals surface area contributed by atoms with Crippen LogP contribution in [-0.2, 0) is 11.3 Å². The molecule has 2 heterocycles. The number of rotatable bonds is 4. The molecule has 0 spiro atoms. The van der Waals surface area contributed by atoms with Gasteiger partial charge in [0.05, 0.1) is 18.8 Å². The summed E-state index contributed by atoms with van der Waals surface area (Å²) in [4.78, 5) is 25.9. The van der Waals surface area contributed by atoms with Gasteiger partial charge in [-0.2, -0.15) is 0 Å². The SMILES string of the molecule is O=C(O)c1cn(CC2CCCN2C(=O)C2CC[C@@H]3C[C@@H]3CC2)nn1. The van der Waals surface area contributed by atoms with Crippen LogP contribution < -0.4 is 0 Å². The van der Waals surface area contributed by atoms with Crippen molar-refractivity contribution in [2.45, 2.75) is 57.5 Å². The first-order chi connectivity index (χ1) is 11.6. The van der Waals surface area contributed by atoms with Crippen molar-refractivity contribution in [1.82, 2.24) is 19.9 Å². The quantitative estimate of drug-likeness (QED) is 0.908. The van der Waals surface area contributed by atoms with Crippen LogP contribution in [0.4, 0.5) is 0 Å². The number of hydrogen-bond donors (Lipinski definition) is 1. The number of carbonyl (C=O) groups is 2. The summed E-state index contributed by atoms with van der Waals surface area (Å²) in [6, 6.07) is 0.110. The summed E-state index contributed by atoms with van der Waals surface area (Å²) in [7, 11) is 0. The average molecular weight is 332 g/mol. The lowest BCUT2D eigenvalue weighted by molar-refractivity contribution is -0.137. The Labute approximate surface area is 141 Å². The largest absolute Gasteiger partial charge is 0.476 e. The predicted octanol–water partition coefficient (Wildman–Crippen LogP) is 1.79. The highest BCUT2D eigenvalue weighted by atomic mass is 16.4. The maximum atomic E-state index is 13.0. The van der Waals surface area contributed by atoms with E-state index in [0.29, 0.717) is 12.5 Å². The van der Waals surface area contributed by atoms with Crippen LogP contribution in [0.2, 0.25) is 0 Å². The third-order valence-electron chi connectivity index (χ3n) is 6.01. The van der Waals surface area contributed by atoms with Gasteiger partial charge in [-0.25, -0.2) is 9.48 Å². The molecule has 4 rings (SSSR count). The Bertz CT molecular complexity index is 632. The van der Waals surface area contributed by atoms with E-state index in [0.717, 1.165) is 44.1 Å². The van der Waals surface area contributed by atoms with Crippen LogP contribution in [-0.4, -0.2) is 49.5 Å². The minimum Gasteiger partial charge on any atom is -0.476 e. The van der Waals surface area contributed by atoms with Crippen molar-refractivity contribution in [3.8, 4) is 0 Å². The Morgan fingerprint density at radius 3 is 2.58 bits per heavy atom. The van der Waals surface area contributed by atoms with Crippen molar-refractivity contribution in [1.29, 1.82) is 0 Å². The number of carboxylic acid groups (broad SMARTS) is 1. The lowest BCUT2D eigenvalue weighted by Gasteiger charge is -2.28. The van der Waals surface area contributed by atoms with Crippen molar-refractivity contribution < 1.29 is 14.7 Å². The number of likely N-dealkylation sites (tertiary alicyclic amines) is 1. The summed E-state index contributed by atoms with van der Waals surface area (Å²) in [5, 5.41) is 16.5.